The van der Waals surface area contributed by atoms with E-state index in [0.29, 0.717) is 0 Å². The van der Waals surface area contributed by atoms with Gasteiger partial charge in [0.05, 0.1) is 0 Å². The van der Waals surface area contributed by atoms with Crippen LogP contribution < -0.4 is 0 Å². The van der Waals surface area contributed by atoms with Crippen LogP contribution in [0.1, 0.15) is 22.6 Å². The molecule has 3 aromatic rings. The Morgan fingerprint density at radius 1 is 0.913 bits per heavy atom. The monoisotopic (exact) mass is 306 g/mol. The first-order valence-corrected chi connectivity index (χ1v) is 7.83. The van der Waals surface area contributed by atoms with E-state index < -0.39 is 0 Å². The van der Waals surface area contributed by atoms with Gasteiger partial charge in [0.15, 0.2) is 0 Å². The summed E-state index contributed by atoms with van der Waals surface area (Å²) >= 11 is 0. The Hall–Kier alpha value is -2.46. The van der Waals surface area contributed by atoms with Crippen LogP contribution in [0.5, 0.6) is 0 Å². The highest BCUT2D eigenvalue weighted by atomic mass is 15.2. The lowest BCUT2D eigenvalue weighted by Gasteiger charge is -2.18. The van der Waals surface area contributed by atoms with Crippen molar-refractivity contribution in [1.82, 2.24) is 19.4 Å². The molecule has 0 atom stereocenters. The zero-order valence-electron chi connectivity index (χ0n) is 13.9. The number of nitrogens with zero attached hydrogens (tertiary/aromatic N) is 4. The molecule has 0 saturated carbocycles. The first kappa shape index (κ1) is 15.4. The van der Waals surface area contributed by atoms with Crippen LogP contribution in [0.4, 0.5) is 0 Å². The fourth-order valence-corrected chi connectivity index (χ4v) is 2.78. The minimum Gasteiger partial charge on any atom is -0.296 e. The smallest absolute Gasteiger partial charge is 0.234 e. The van der Waals surface area contributed by atoms with Crippen LogP contribution in [-0.4, -0.2) is 26.5 Å². The van der Waals surface area contributed by atoms with Crippen molar-refractivity contribution >= 4 is 0 Å². The van der Waals surface area contributed by atoms with E-state index in [1.165, 1.54) is 11.3 Å². The molecular formula is C19H22N4. The molecule has 0 amide bonds. The number of hydrogen-bond acceptors (Lipinski definition) is 3. The van der Waals surface area contributed by atoms with Gasteiger partial charge in [0.1, 0.15) is 0 Å². The van der Waals surface area contributed by atoms with E-state index in [-0.39, 0.29) is 0 Å². The SMILES string of the molecule is Cc1cc(C)nc(-n2cccc2CN(C)Cc2ccccc2)n1. The molecular weight excluding hydrogens is 284 g/mol. The molecule has 118 valence electrons. The summed E-state index contributed by atoms with van der Waals surface area (Å²) in [6.45, 7) is 5.77. The third-order valence-corrected chi connectivity index (χ3v) is 3.75. The molecule has 0 unspecified atom stereocenters. The number of aromatic nitrogens is 3. The minimum absolute atomic E-state index is 0.746. The van der Waals surface area contributed by atoms with Gasteiger partial charge in [-0.15, -0.1) is 0 Å². The van der Waals surface area contributed by atoms with E-state index in [1.807, 2.05) is 38.2 Å². The van der Waals surface area contributed by atoms with Gasteiger partial charge < -0.3 is 0 Å². The van der Waals surface area contributed by atoms with Crippen LogP contribution in [0, 0.1) is 13.8 Å². The van der Waals surface area contributed by atoms with Crippen molar-refractivity contribution < 1.29 is 0 Å². The Morgan fingerprint density at radius 2 is 1.61 bits per heavy atom. The summed E-state index contributed by atoms with van der Waals surface area (Å²) in [5.74, 6) is 0.746. The van der Waals surface area contributed by atoms with Gasteiger partial charge in [-0.2, -0.15) is 0 Å². The van der Waals surface area contributed by atoms with Gasteiger partial charge >= 0.3 is 0 Å². The lowest BCUT2D eigenvalue weighted by atomic mass is 10.2. The van der Waals surface area contributed by atoms with Gasteiger partial charge in [0, 0.05) is 36.4 Å². The van der Waals surface area contributed by atoms with E-state index in [1.54, 1.807) is 0 Å². The van der Waals surface area contributed by atoms with Crippen molar-refractivity contribution in [1.29, 1.82) is 0 Å². The molecule has 4 heteroatoms. The number of hydrogen-bond donors (Lipinski definition) is 0. The van der Waals surface area contributed by atoms with Gasteiger partial charge in [-0.05, 0) is 44.7 Å². The normalized spacial score (nSPS) is 11.1. The van der Waals surface area contributed by atoms with Crippen LogP contribution in [0.2, 0.25) is 0 Å². The molecule has 3 rings (SSSR count). The summed E-state index contributed by atoms with van der Waals surface area (Å²) < 4.78 is 2.07. The molecule has 0 fully saturated rings. The molecule has 1 aromatic carbocycles. The van der Waals surface area contributed by atoms with Crippen molar-refractivity contribution in [2.24, 2.45) is 0 Å². The second-order valence-electron chi connectivity index (χ2n) is 5.98. The molecule has 0 aliphatic rings. The second kappa shape index (κ2) is 6.75. The maximum atomic E-state index is 4.56. The Balaban J connectivity index is 1.78. The maximum Gasteiger partial charge on any atom is 0.234 e. The van der Waals surface area contributed by atoms with Gasteiger partial charge in [0.25, 0.3) is 0 Å². The summed E-state index contributed by atoms with van der Waals surface area (Å²) in [6.07, 6.45) is 2.03. The Bertz CT molecular complexity index is 757. The lowest BCUT2D eigenvalue weighted by molar-refractivity contribution is 0.313. The summed E-state index contributed by atoms with van der Waals surface area (Å²) in [5.41, 5.74) is 4.48. The minimum atomic E-state index is 0.746. The molecule has 23 heavy (non-hydrogen) atoms. The standard InChI is InChI=1S/C19H22N4/c1-15-12-16(2)21-19(20-15)23-11-7-10-18(23)14-22(3)13-17-8-5-4-6-9-17/h4-12H,13-14H2,1-3H3. The molecule has 0 aliphatic carbocycles. The lowest BCUT2D eigenvalue weighted by Crippen LogP contribution is -2.19. The highest BCUT2D eigenvalue weighted by Gasteiger charge is 2.09. The van der Waals surface area contributed by atoms with Crippen LogP contribution in [0.15, 0.2) is 54.7 Å². The number of benzene rings is 1. The van der Waals surface area contributed by atoms with Crippen LogP contribution in [0.25, 0.3) is 5.95 Å². The first-order valence-electron chi connectivity index (χ1n) is 7.83. The average Bonchev–Trinajstić information content (AvgIpc) is 2.95. The molecule has 0 saturated heterocycles. The van der Waals surface area contributed by atoms with Crippen LogP contribution in [0.3, 0.4) is 0 Å². The predicted octanol–water partition coefficient (Wildman–Crippen LogP) is 3.52. The summed E-state index contributed by atoms with van der Waals surface area (Å²) in [5, 5.41) is 0. The molecule has 0 spiro atoms. The Morgan fingerprint density at radius 3 is 2.30 bits per heavy atom. The van der Waals surface area contributed by atoms with Crippen molar-refractivity contribution in [3.05, 3.63) is 77.4 Å². The Labute approximate surface area is 137 Å². The van der Waals surface area contributed by atoms with Gasteiger partial charge in [0.2, 0.25) is 5.95 Å². The summed E-state index contributed by atoms with van der Waals surface area (Å²) in [4.78, 5) is 11.4. The van der Waals surface area contributed by atoms with Crippen LogP contribution in [-0.2, 0) is 13.1 Å². The Kier molecular flexibility index (Phi) is 4.53. The topological polar surface area (TPSA) is 34.0 Å². The fourth-order valence-electron chi connectivity index (χ4n) is 2.78. The zero-order valence-corrected chi connectivity index (χ0v) is 13.9. The van der Waals surface area contributed by atoms with Crippen molar-refractivity contribution in [3.8, 4) is 5.95 Å². The van der Waals surface area contributed by atoms with E-state index in [4.69, 9.17) is 0 Å². The third kappa shape index (κ3) is 3.85. The molecule has 0 bridgehead atoms. The third-order valence-electron chi connectivity index (χ3n) is 3.75. The summed E-state index contributed by atoms with van der Waals surface area (Å²) in [7, 11) is 2.13. The van der Waals surface area contributed by atoms with Gasteiger partial charge in [-0.3, -0.25) is 9.47 Å². The van der Waals surface area contributed by atoms with E-state index >= 15 is 0 Å². The number of aryl methyl sites for hydroxylation is 2. The largest absolute Gasteiger partial charge is 0.296 e. The van der Waals surface area contributed by atoms with E-state index in [2.05, 4.69) is 56.8 Å². The maximum absolute atomic E-state index is 4.56. The highest BCUT2D eigenvalue weighted by Crippen LogP contribution is 2.13. The van der Waals surface area contributed by atoms with Crippen molar-refractivity contribution in [2.75, 3.05) is 7.05 Å². The van der Waals surface area contributed by atoms with Gasteiger partial charge in [-0.25, -0.2) is 9.97 Å². The molecule has 0 aliphatic heterocycles. The molecule has 2 heterocycles. The quantitative estimate of drug-likeness (QED) is 0.723. The molecule has 0 radical (unpaired) electrons. The van der Waals surface area contributed by atoms with E-state index in [0.717, 1.165) is 30.4 Å². The number of rotatable bonds is 5. The predicted molar refractivity (Wildman–Crippen MR) is 92.4 cm³/mol. The highest BCUT2D eigenvalue weighted by molar-refractivity contribution is 5.24. The fraction of sp³-hybridized carbons (Fsp3) is 0.263. The average molecular weight is 306 g/mol. The molecule has 2 aromatic heterocycles. The summed E-state index contributed by atoms with van der Waals surface area (Å²) in [6, 6.07) is 16.7. The zero-order chi connectivity index (χ0) is 16.2. The van der Waals surface area contributed by atoms with Gasteiger partial charge in [-0.1, -0.05) is 30.3 Å². The second-order valence-corrected chi connectivity index (χ2v) is 5.98. The van der Waals surface area contributed by atoms with Crippen molar-refractivity contribution in [2.45, 2.75) is 26.9 Å². The first-order chi connectivity index (χ1) is 11.1. The van der Waals surface area contributed by atoms with Crippen LogP contribution >= 0.6 is 0 Å². The molecule has 4 nitrogen and oxygen atoms in total. The molecule has 0 N–H and O–H groups in total. The van der Waals surface area contributed by atoms with Crippen molar-refractivity contribution in [3.63, 3.8) is 0 Å². The van der Waals surface area contributed by atoms with E-state index in [9.17, 15) is 0 Å².